The van der Waals surface area contributed by atoms with Crippen molar-refractivity contribution >= 4 is 16.7 Å². The molecule has 0 saturated carbocycles. The molecule has 0 aromatic rings. The monoisotopic (exact) mass is 292 g/mol. The summed E-state index contributed by atoms with van der Waals surface area (Å²) < 4.78 is 5.29. The topological polar surface area (TPSA) is 30.5 Å². The molecule has 1 aliphatic heterocycles. The van der Waals surface area contributed by atoms with Gasteiger partial charge >= 0.3 is 0 Å². The molecule has 0 aromatic carbocycles. The minimum Gasteiger partial charge on any atom is -0.268 e. The fourth-order valence-corrected chi connectivity index (χ4v) is 7.83. The van der Waals surface area contributed by atoms with Crippen molar-refractivity contribution in [2.45, 2.75) is 79.6 Å². The van der Waals surface area contributed by atoms with Crippen LogP contribution in [0.3, 0.4) is 0 Å². The second-order valence-corrected chi connectivity index (χ2v) is 10.0. The predicted octanol–water partition coefficient (Wildman–Crippen LogP) is 3.87. The number of nitrogens with zero attached hydrogens (tertiary/aromatic N) is 2. The Morgan fingerprint density at radius 2 is 0.889 bits per heavy atom. The molecular weight excluding hydrogens is 262 g/mol. The first kappa shape index (κ1) is 16.8. The van der Waals surface area contributed by atoms with E-state index in [4.69, 9.17) is 0 Å². The van der Waals surface area contributed by atoms with Crippen LogP contribution in [0.5, 0.6) is 0 Å². The first-order chi connectivity index (χ1) is 8.25. The fraction of sp³-hybridized carbons (Fsp3) is 1.00. The summed E-state index contributed by atoms with van der Waals surface area (Å²) in [4.78, 5) is 0. The first-order valence-electron chi connectivity index (χ1n) is 6.96. The average molecular weight is 292 g/mol. The summed E-state index contributed by atoms with van der Waals surface area (Å²) in [6.45, 7) is 18.1. The van der Waals surface area contributed by atoms with Crippen LogP contribution in [0.4, 0.5) is 0 Å². The molecule has 108 valence electrons. The van der Waals surface area contributed by atoms with E-state index in [1.165, 1.54) is 0 Å². The molecule has 1 rings (SSSR count). The Labute approximate surface area is 116 Å². The molecule has 0 spiro atoms. The predicted molar refractivity (Wildman–Crippen MR) is 84.3 cm³/mol. The van der Waals surface area contributed by atoms with Gasteiger partial charge in [0, 0.05) is 24.2 Å². The van der Waals surface area contributed by atoms with Crippen LogP contribution in [0, 0.1) is 0 Å². The van der Waals surface area contributed by atoms with Gasteiger partial charge in [-0.1, -0.05) is 0 Å². The molecule has 0 aliphatic carbocycles. The van der Waals surface area contributed by atoms with Gasteiger partial charge in [0.15, 0.2) is 0 Å². The standard InChI is InChI=1S/C12H30N4P2/c1-9(2)13-17-15(11(5)6)18(14-10(3)4)16(17)12(7)8/h9-14H,1-8H3. The minimum atomic E-state index is -0.330. The third kappa shape index (κ3) is 3.85. The van der Waals surface area contributed by atoms with Crippen LogP contribution in [0.1, 0.15) is 55.4 Å². The van der Waals surface area contributed by atoms with Crippen LogP contribution in [-0.2, 0) is 0 Å². The van der Waals surface area contributed by atoms with E-state index in [9.17, 15) is 0 Å². The third-order valence-corrected chi connectivity index (χ3v) is 9.38. The summed E-state index contributed by atoms with van der Waals surface area (Å²) in [5.41, 5.74) is 0. The first-order valence-corrected chi connectivity index (χ1v) is 9.45. The molecule has 2 N–H and O–H groups in total. The molecule has 18 heavy (non-hydrogen) atoms. The highest BCUT2D eigenvalue weighted by atomic mass is 31.3. The molecule has 1 heterocycles. The number of hydrogen-bond donors (Lipinski definition) is 2. The van der Waals surface area contributed by atoms with E-state index in [1.54, 1.807) is 0 Å². The Hall–Kier alpha value is 0.700. The van der Waals surface area contributed by atoms with Crippen molar-refractivity contribution in [2.75, 3.05) is 0 Å². The quantitative estimate of drug-likeness (QED) is 0.728. The third-order valence-electron chi connectivity index (χ3n) is 2.45. The highest BCUT2D eigenvalue weighted by Gasteiger charge is 2.50. The zero-order valence-electron chi connectivity index (χ0n) is 13.1. The Morgan fingerprint density at radius 3 is 1.06 bits per heavy atom. The van der Waals surface area contributed by atoms with Crippen molar-refractivity contribution < 1.29 is 0 Å². The van der Waals surface area contributed by atoms with Crippen molar-refractivity contribution in [2.24, 2.45) is 0 Å². The highest BCUT2D eigenvalue weighted by Crippen LogP contribution is 2.74. The molecule has 1 aliphatic rings. The lowest BCUT2D eigenvalue weighted by atomic mass is 10.4. The highest BCUT2D eigenvalue weighted by molar-refractivity contribution is 7.80. The van der Waals surface area contributed by atoms with Gasteiger partial charge < -0.3 is 0 Å². The Kier molecular flexibility index (Phi) is 6.44. The van der Waals surface area contributed by atoms with Crippen molar-refractivity contribution in [1.82, 2.24) is 19.1 Å². The molecule has 0 radical (unpaired) electrons. The maximum atomic E-state index is 3.74. The Balaban J connectivity index is 2.80. The van der Waals surface area contributed by atoms with Gasteiger partial charge in [0.05, 0.1) is 0 Å². The fourth-order valence-electron chi connectivity index (χ4n) is 1.89. The van der Waals surface area contributed by atoms with Gasteiger partial charge in [-0.2, -0.15) is 0 Å². The molecule has 1 fully saturated rings. The molecule has 0 bridgehead atoms. The van der Waals surface area contributed by atoms with Gasteiger partial charge in [0.25, 0.3) is 0 Å². The lowest BCUT2D eigenvalue weighted by molar-refractivity contribution is 0.400. The van der Waals surface area contributed by atoms with E-state index in [1.807, 2.05) is 0 Å². The molecule has 1 saturated heterocycles. The largest absolute Gasteiger partial charge is 0.268 e. The SMILES string of the molecule is CC(C)NP1N(C(C)C)P(NC(C)C)N1C(C)C. The van der Waals surface area contributed by atoms with Gasteiger partial charge in [0.2, 0.25) is 0 Å². The Morgan fingerprint density at radius 1 is 0.611 bits per heavy atom. The maximum absolute atomic E-state index is 3.74. The summed E-state index contributed by atoms with van der Waals surface area (Å²) in [6.07, 6.45) is 0. The van der Waals surface area contributed by atoms with E-state index < -0.39 is 0 Å². The van der Waals surface area contributed by atoms with E-state index >= 15 is 0 Å². The van der Waals surface area contributed by atoms with Crippen molar-refractivity contribution in [3.05, 3.63) is 0 Å². The van der Waals surface area contributed by atoms with Crippen LogP contribution in [0.15, 0.2) is 0 Å². The van der Waals surface area contributed by atoms with Crippen molar-refractivity contribution in [3.8, 4) is 0 Å². The molecule has 0 atom stereocenters. The van der Waals surface area contributed by atoms with Crippen molar-refractivity contribution in [1.29, 1.82) is 0 Å². The van der Waals surface area contributed by atoms with Crippen LogP contribution >= 0.6 is 16.7 Å². The minimum absolute atomic E-state index is 0.330. The Bertz CT molecular complexity index is 224. The van der Waals surface area contributed by atoms with Crippen LogP contribution in [0.25, 0.3) is 0 Å². The average Bonchev–Trinajstić information content (AvgIpc) is 2.12. The van der Waals surface area contributed by atoms with E-state index in [0.717, 1.165) is 0 Å². The summed E-state index contributed by atoms with van der Waals surface area (Å²) in [5.74, 6) is 0. The maximum Gasteiger partial charge on any atom is 0.129 e. The number of nitrogens with one attached hydrogen (secondary N) is 2. The molecule has 6 heteroatoms. The van der Waals surface area contributed by atoms with Gasteiger partial charge in [-0.3, -0.25) is 10.2 Å². The van der Waals surface area contributed by atoms with Crippen molar-refractivity contribution in [3.63, 3.8) is 0 Å². The normalized spacial score (nSPS) is 26.7. The number of hydrogen-bond acceptors (Lipinski definition) is 4. The summed E-state index contributed by atoms with van der Waals surface area (Å²) in [7, 11) is -0.660. The molecule has 0 amide bonds. The van der Waals surface area contributed by atoms with Crippen LogP contribution in [0.2, 0.25) is 0 Å². The summed E-state index contributed by atoms with van der Waals surface area (Å²) in [6, 6.07) is 2.26. The van der Waals surface area contributed by atoms with Gasteiger partial charge in [0.1, 0.15) is 16.7 Å². The zero-order valence-corrected chi connectivity index (χ0v) is 14.9. The molecule has 4 nitrogen and oxygen atoms in total. The van der Waals surface area contributed by atoms with Crippen LogP contribution < -0.4 is 10.2 Å². The van der Waals surface area contributed by atoms with E-state index in [2.05, 4.69) is 74.4 Å². The molecular formula is C12H30N4P2. The molecule has 0 unspecified atom stereocenters. The second-order valence-electron chi connectivity index (χ2n) is 5.97. The lowest BCUT2D eigenvalue weighted by Gasteiger charge is -2.60. The van der Waals surface area contributed by atoms with Gasteiger partial charge in [-0.25, -0.2) is 8.88 Å². The van der Waals surface area contributed by atoms with E-state index in [-0.39, 0.29) is 16.7 Å². The number of rotatable bonds is 6. The van der Waals surface area contributed by atoms with Gasteiger partial charge in [-0.15, -0.1) is 0 Å². The van der Waals surface area contributed by atoms with E-state index in [0.29, 0.717) is 24.2 Å². The zero-order chi connectivity index (χ0) is 14.0. The summed E-state index contributed by atoms with van der Waals surface area (Å²) in [5, 5.41) is 7.48. The smallest absolute Gasteiger partial charge is 0.129 e. The lowest BCUT2D eigenvalue weighted by Crippen LogP contribution is -2.53. The summed E-state index contributed by atoms with van der Waals surface area (Å²) >= 11 is 0. The molecule has 0 aromatic heterocycles. The van der Waals surface area contributed by atoms with Crippen LogP contribution in [-0.4, -0.2) is 33.0 Å². The second kappa shape index (κ2) is 6.92. The van der Waals surface area contributed by atoms with Gasteiger partial charge in [-0.05, 0) is 55.4 Å².